The van der Waals surface area contributed by atoms with Crippen LogP contribution < -0.4 is 5.56 Å². The van der Waals surface area contributed by atoms with Gasteiger partial charge in [0.1, 0.15) is 17.0 Å². The first-order valence-electron chi connectivity index (χ1n) is 4.23. The number of aromatic nitrogens is 2. The highest BCUT2D eigenvalue weighted by atomic mass is 19.1. The van der Waals surface area contributed by atoms with Gasteiger partial charge in [-0.05, 0) is 19.1 Å². The van der Waals surface area contributed by atoms with E-state index in [1.165, 1.54) is 10.6 Å². The maximum Gasteiger partial charge on any atom is 0.272 e. The molecule has 2 aromatic rings. The molecule has 0 radical (unpaired) electrons. The normalized spacial score (nSPS) is 10.8. The summed E-state index contributed by atoms with van der Waals surface area (Å²) in [4.78, 5) is 15.5. The summed E-state index contributed by atoms with van der Waals surface area (Å²) in [7, 11) is 1.54. The molecule has 0 saturated heterocycles. The van der Waals surface area contributed by atoms with Gasteiger partial charge in [0.2, 0.25) is 0 Å². The molecule has 0 amide bonds. The van der Waals surface area contributed by atoms with Crippen molar-refractivity contribution in [1.82, 2.24) is 9.55 Å². The van der Waals surface area contributed by atoms with Crippen LogP contribution in [0.2, 0.25) is 0 Å². The number of aryl methyl sites for hydroxylation is 2. The third-order valence-corrected chi connectivity index (χ3v) is 2.20. The lowest BCUT2D eigenvalue weighted by atomic mass is 10.2. The molecule has 2 rings (SSSR count). The minimum absolute atomic E-state index is 0.253. The smallest absolute Gasteiger partial charge is 0.272 e. The van der Waals surface area contributed by atoms with Crippen LogP contribution >= 0.6 is 0 Å². The van der Waals surface area contributed by atoms with Crippen molar-refractivity contribution in [2.45, 2.75) is 6.92 Å². The summed E-state index contributed by atoms with van der Waals surface area (Å²) in [6.45, 7) is 1.62. The van der Waals surface area contributed by atoms with Crippen LogP contribution in [0.25, 0.3) is 11.0 Å². The van der Waals surface area contributed by atoms with Crippen LogP contribution in [-0.4, -0.2) is 9.55 Å². The Bertz CT molecular complexity index is 560. The minimum Gasteiger partial charge on any atom is -0.306 e. The van der Waals surface area contributed by atoms with Gasteiger partial charge in [-0.3, -0.25) is 4.79 Å². The van der Waals surface area contributed by atoms with Gasteiger partial charge < -0.3 is 4.57 Å². The number of fused-ring (bicyclic) bond motifs is 1. The molecule has 0 saturated carbocycles. The van der Waals surface area contributed by atoms with Gasteiger partial charge in [0, 0.05) is 7.05 Å². The van der Waals surface area contributed by atoms with E-state index in [2.05, 4.69) is 4.98 Å². The van der Waals surface area contributed by atoms with Gasteiger partial charge in [-0.2, -0.15) is 0 Å². The molecule has 0 fully saturated rings. The number of para-hydroxylation sites is 1. The zero-order valence-corrected chi connectivity index (χ0v) is 7.91. The van der Waals surface area contributed by atoms with Crippen LogP contribution in [0.1, 0.15) is 5.69 Å². The van der Waals surface area contributed by atoms with Crippen LogP contribution in [0.5, 0.6) is 0 Å². The van der Waals surface area contributed by atoms with E-state index in [1.54, 1.807) is 26.1 Å². The van der Waals surface area contributed by atoms with Crippen LogP contribution in [0.4, 0.5) is 4.39 Å². The van der Waals surface area contributed by atoms with Gasteiger partial charge >= 0.3 is 0 Å². The first-order valence-corrected chi connectivity index (χ1v) is 4.23. The number of nitrogens with zero attached hydrogens (tertiary/aromatic N) is 2. The molecule has 0 unspecified atom stereocenters. The summed E-state index contributed by atoms with van der Waals surface area (Å²) < 4.78 is 14.6. The summed E-state index contributed by atoms with van der Waals surface area (Å²) in [5, 5.41) is 0. The van der Waals surface area contributed by atoms with E-state index in [-0.39, 0.29) is 11.1 Å². The first kappa shape index (κ1) is 8.87. The predicted molar refractivity (Wildman–Crippen MR) is 51.7 cm³/mol. The van der Waals surface area contributed by atoms with E-state index in [0.717, 1.165) is 0 Å². The Balaban J connectivity index is 3.07. The molecule has 0 N–H and O–H groups in total. The Morgan fingerprint density at radius 2 is 2.14 bits per heavy atom. The highest BCUT2D eigenvalue weighted by Gasteiger charge is 2.07. The van der Waals surface area contributed by atoms with E-state index in [9.17, 15) is 9.18 Å². The molecule has 0 atom stereocenters. The third kappa shape index (κ3) is 1.11. The highest BCUT2D eigenvalue weighted by Crippen LogP contribution is 2.12. The number of rotatable bonds is 0. The standard InChI is InChI=1S/C10H9FN2O/c1-6-10(14)13(2)9-7(11)4-3-5-8(9)12-6/h3-5H,1-2H3. The molecule has 4 heteroatoms. The number of hydrogen-bond acceptors (Lipinski definition) is 2. The van der Waals surface area contributed by atoms with Crippen molar-refractivity contribution < 1.29 is 4.39 Å². The van der Waals surface area contributed by atoms with Gasteiger partial charge in [0.25, 0.3) is 5.56 Å². The summed E-state index contributed by atoms with van der Waals surface area (Å²) >= 11 is 0. The Labute approximate surface area is 79.8 Å². The zero-order chi connectivity index (χ0) is 10.3. The minimum atomic E-state index is -0.422. The van der Waals surface area contributed by atoms with Gasteiger partial charge in [-0.15, -0.1) is 0 Å². The average Bonchev–Trinajstić information content (AvgIpc) is 2.14. The second-order valence-corrected chi connectivity index (χ2v) is 3.17. The fourth-order valence-electron chi connectivity index (χ4n) is 1.50. The monoisotopic (exact) mass is 192 g/mol. The molecule has 1 heterocycles. The molecule has 0 aliphatic rings. The second kappa shape index (κ2) is 2.90. The third-order valence-electron chi connectivity index (χ3n) is 2.20. The van der Waals surface area contributed by atoms with Crippen molar-refractivity contribution in [3.63, 3.8) is 0 Å². The van der Waals surface area contributed by atoms with Gasteiger partial charge in [-0.25, -0.2) is 9.37 Å². The summed E-state index contributed by atoms with van der Waals surface area (Å²) in [5.74, 6) is -0.422. The molecule has 1 aromatic carbocycles. The Kier molecular flexibility index (Phi) is 1.84. The largest absolute Gasteiger partial charge is 0.306 e. The maximum atomic E-state index is 13.4. The predicted octanol–water partition coefficient (Wildman–Crippen LogP) is 1.38. The van der Waals surface area contributed by atoms with E-state index in [4.69, 9.17) is 0 Å². The van der Waals surface area contributed by atoms with E-state index in [0.29, 0.717) is 11.2 Å². The SMILES string of the molecule is Cc1nc2cccc(F)c2n(C)c1=O. The lowest BCUT2D eigenvalue weighted by Crippen LogP contribution is -2.21. The number of hydrogen-bond donors (Lipinski definition) is 0. The lowest BCUT2D eigenvalue weighted by Gasteiger charge is -2.05. The van der Waals surface area contributed by atoms with E-state index in [1.807, 2.05) is 0 Å². The van der Waals surface area contributed by atoms with Crippen LogP contribution in [0.3, 0.4) is 0 Å². The molecule has 0 aliphatic heterocycles. The summed E-state index contributed by atoms with van der Waals surface area (Å²) in [6.07, 6.45) is 0. The van der Waals surface area contributed by atoms with Crippen molar-refractivity contribution in [2.75, 3.05) is 0 Å². The molecular weight excluding hydrogens is 183 g/mol. The molecule has 14 heavy (non-hydrogen) atoms. The van der Waals surface area contributed by atoms with Crippen LogP contribution in [-0.2, 0) is 7.05 Å². The Morgan fingerprint density at radius 1 is 1.43 bits per heavy atom. The van der Waals surface area contributed by atoms with Gasteiger partial charge in [0.15, 0.2) is 0 Å². The molecule has 1 aromatic heterocycles. The number of halogens is 1. The van der Waals surface area contributed by atoms with Crippen molar-refractivity contribution in [3.05, 3.63) is 40.1 Å². The van der Waals surface area contributed by atoms with Gasteiger partial charge in [0.05, 0.1) is 5.52 Å². The lowest BCUT2D eigenvalue weighted by molar-refractivity contribution is 0.628. The fourth-order valence-corrected chi connectivity index (χ4v) is 1.50. The molecule has 0 aliphatic carbocycles. The summed E-state index contributed by atoms with van der Waals surface area (Å²) in [5.41, 5.74) is 0.876. The molecule has 0 spiro atoms. The second-order valence-electron chi connectivity index (χ2n) is 3.17. The zero-order valence-electron chi connectivity index (χ0n) is 7.91. The average molecular weight is 192 g/mol. The number of benzene rings is 1. The molecule has 3 nitrogen and oxygen atoms in total. The Hall–Kier alpha value is -1.71. The quantitative estimate of drug-likeness (QED) is 0.632. The van der Waals surface area contributed by atoms with E-state index >= 15 is 0 Å². The van der Waals surface area contributed by atoms with Crippen LogP contribution in [0, 0.1) is 12.7 Å². The van der Waals surface area contributed by atoms with E-state index < -0.39 is 5.82 Å². The fraction of sp³-hybridized carbons (Fsp3) is 0.200. The highest BCUT2D eigenvalue weighted by molar-refractivity contribution is 5.75. The van der Waals surface area contributed by atoms with Crippen molar-refractivity contribution in [3.8, 4) is 0 Å². The van der Waals surface area contributed by atoms with Crippen molar-refractivity contribution in [2.24, 2.45) is 7.05 Å². The molecule has 0 bridgehead atoms. The van der Waals surface area contributed by atoms with Crippen molar-refractivity contribution in [1.29, 1.82) is 0 Å². The van der Waals surface area contributed by atoms with Crippen LogP contribution in [0.15, 0.2) is 23.0 Å². The molecular formula is C10H9FN2O. The summed E-state index contributed by atoms with van der Waals surface area (Å²) in [6, 6.07) is 4.58. The molecule has 72 valence electrons. The maximum absolute atomic E-state index is 13.4. The first-order chi connectivity index (χ1) is 6.61. The Morgan fingerprint density at radius 3 is 2.86 bits per heavy atom. The van der Waals surface area contributed by atoms with Crippen molar-refractivity contribution >= 4 is 11.0 Å². The topological polar surface area (TPSA) is 34.9 Å². The van der Waals surface area contributed by atoms with Gasteiger partial charge in [-0.1, -0.05) is 6.07 Å².